The lowest BCUT2D eigenvalue weighted by molar-refractivity contribution is -0.150. The number of aromatic nitrogens is 6. The number of ketones is 1. The van der Waals surface area contributed by atoms with Crippen molar-refractivity contribution in [1.82, 2.24) is 39.7 Å². The van der Waals surface area contributed by atoms with Gasteiger partial charge in [-0.1, -0.05) is 13.8 Å². The van der Waals surface area contributed by atoms with E-state index in [9.17, 15) is 89.4 Å². The molecule has 4 aromatic rings. The van der Waals surface area contributed by atoms with E-state index in [0.717, 1.165) is 40.0 Å². The SMILES string of the molecule is CC(=O)c1cn([C@@H]2OC([C@H](NC(=O)[C@@H](N)[C@H](C)[C@H](O)c3ccc(O)cn3)C(=O)O)[C@H](O)[C@@H]2O)c(=O)[nH]1.C[C@@H]([C@H](N)C(=O)N[C@H](C(=O)O)[C@H]1OC(n2ccc(=O)[nH]c2=O)[C@H](O)[C@@H]1O)[C@H](O)c1ccc(O)cn1. The molecule has 2 saturated heterocycles. The second-order valence-corrected chi connectivity index (χ2v) is 16.6. The van der Waals surface area contributed by atoms with Crippen LogP contribution in [0, 0.1) is 11.8 Å². The zero-order valence-electron chi connectivity index (χ0n) is 37.4. The highest BCUT2D eigenvalue weighted by molar-refractivity contribution is 5.92. The number of hydrogen-bond donors (Lipinski definition) is 16. The molecule has 2 fully saturated rings. The number of nitrogens with zero attached hydrogens (tertiary/aromatic N) is 4. The summed E-state index contributed by atoms with van der Waals surface area (Å²) in [6.07, 6.45) is -12.2. The molecule has 30 nitrogen and oxygen atoms in total. The van der Waals surface area contributed by atoms with Crippen LogP contribution in [0.15, 0.2) is 69.5 Å². The van der Waals surface area contributed by atoms with E-state index in [4.69, 9.17) is 20.9 Å². The van der Waals surface area contributed by atoms with Crippen molar-refractivity contribution in [2.75, 3.05) is 0 Å². The van der Waals surface area contributed by atoms with Gasteiger partial charge in [-0.3, -0.25) is 43.3 Å². The van der Waals surface area contributed by atoms with Gasteiger partial charge in [0.2, 0.25) is 11.8 Å². The van der Waals surface area contributed by atoms with Gasteiger partial charge in [0.25, 0.3) is 5.56 Å². The first kappa shape index (κ1) is 54.7. The highest BCUT2D eigenvalue weighted by atomic mass is 16.6. The summed E-state index contributed by atoms with van der Waals surface area (Å²) >= 11 is 0. The molecule has 386 valence electrons. The lowest BCUT2D eigenvalue weighted by atomic mass is 9.92. The third-order valence-electron chi connectivity index (χ3n) is 11.7. The number of aromatic amines is 2. The normalized spacial score (nSPS) is 25.2. The van der Waals surface area contributed by atoms with E-state index in [-0.39, 0.29) is 28.6 Å². The average molecular weight is 1000 g/mol. The first-order chi connectivity index (χ1) is 33.2. The van der Waals surface area contributed by atoms with E-state index in [1.54, 1.807) is 0 Å². The number of Topliss-reactive ketones (excluding diaryl/α,β-unsaturated/α-hetero) is 1. The molecule has 0 aliphatic carbocycles. The van der Waals surface area contributed by atoms with Crippen molar-refractivity contribution < 1.29 is 84.5 Å². The molecule has 0 bridgehead atoms. The Kier molecular flexibility index (Phi) is 17.4. The quantitative estimate of drug-likeness (QED) is 0.0438. The Morgan fingerprint density at radius 1 is 0.662 bits per heavy atom. The molecule has 30 heteroatoms. The number of aliphatic hydroxyl groups is 6. The van der Waals surface area contributed by atoms with Crippen molar-refractivity contribution in [3.05, 3.63) is 104 Å². The number of amides is 2. The second kappa shape index (κ2) is 22.7. The van der Waals surface area contributed by atoms with Gasteiger partial charge in [0.15, 0.2) is 30.3 Å². The Bertz CT molecular complexity index is 2730. The van der Waals surface area contributed by atoms with Crippen molar-refractivity contribution in [1.29, 1.82) is 0 Å². The minimum Gasteiger partial charge on any atom is -0.506 e. The molecule has 6 heterocycles. The van der Waals surface area contributed by atoms with Gasteiger partial charge in [-0.25, -0.2) is 19.2 Å². The minimum absolute atomic E-state index is 0.0986. The number of carbonyl (C=O) groups excluding carboxylic acids is 3. The molecule has 0 saturated carbocycles. The predicted octanol–water partition coefficient (Wildman–Crippen LogP) is -6.11. The number of carbonyl (C=O) groups is 5. The first-order valence-electron chi connectivity index (χ1n) is 21.2. The number of imidazole rings is 1. The van der Waals surface area contributed by atoms with Crippen LogP contribution in [0.5, 0.6) is 11.5 Å². The maximum Gasteiger partial charge on any atom is 0.330 e. The molecule has 2 amide bonds. The number of hydrogen-bond acceptors (Lipinski definition) is 22. The number of aliphatic carboxylic acids is 2. The van der Waals surface area contributed by atoms with Gasteiger partial charge in [0.05, 0.1) is 35.9 Å². The van der Waals surface area contributed by atoms with E-state index < -0.39 is 144 Å². The van der Waals surface area contributed by atoms with E-state index >= 15 is 0 Å². The van der Waals surface area contributed by atoms with Crippen LogP contribution in [-0.2, 0) is 28.7 Å². The van der Waals surface area contributed by atoms with E-state index in [0.29, 0.717) is 0 Å². The number of pyridine rings is 2. The molecular weight excluding hydrogens is 953 g/mol. The Hall–Kier alpha value is -7.26. The zero-order chi connectivity index (χ0) is 52.9. The highest BCUT2D eigenvalue weighted by Crippen LogP contribution is 2.33. The summed E-state index contributed by atoms with van der Waals surface area (Å²) in [4.78, 5) is 108. The highest BCUT2D eigenvalue weighted by Gasteiger charge is 2.52. The lowest BCUT2D eigenvalue weighted by Gasteiger charge is -2.28. The van der Waals surface area contributed by atoms with Crippen LogP contribution in [0.1, 0.15) is 67.3 Å². The van der Waals surface area contributed by atoms with Crippen LogP contribution in [0.25, 0.3) is 0 Å². The van der Waals surface area contributed by atoms with Crippen LogP contribution >= 0.6 is 0 Å². The minimum atomic E-state index is -1.91. The van der Waals surface area contributed by atoms with Crippen molar-refractivity contribution in [3.63, 3.8) is 0 Å². The van der Waals surface area contributed by atoms with Crippen LogP contribution in [0.4, 0.5) is 0 Å². The topological polar surface area (TPSA) is 501 Å². The van der Waals surface area contributed by atoms with Gasteiger partial charge >= 0.3 is 23.3 Å². The van der Waals surface area contributed by atoms with Gasteiger partial charge in [-0.2, -0.15) is 0 Å². The second-order valence-electron chi connectivity index (χ2n) is 16.6. The number of nitrogens with one attached hydrogen (secondary N) is 4. The van der Waals surface area contributed by atoms with Gasteiger partial charge in [-0.15, -0.1) is 0 Å². The van der Waals surface area contributed by atoms with Crippen molar-refractivity contribution in [2.45, 2.75) is 106 Å². The van der Waals surface area contributed by atoms with Crippen LogP contribution in [-0.4, -0.2) is 170 Å². The smallest absolute Gasteiger partial charge is 0.330 e. The van der Waals surface area contributed by atoms with E-state index in [2.05, 4.69) is 25.6 Å². The molecule has 18 N–H and O–H groups in total. The maximum absolute atomic E-state index is 12.7. The number of ether oxygens (including phenoxy) is 2. The van der Waals surface area contributed by atoms with Crippen molar-refractivity contribution >= 4 is 29.5 Å². The molecule has 16 atom stereocenters. The van der Waals surface area contributed by atoms with Gasteiger partial charge < -0.3 is 87.6 Å². The number of aromatic hydroxyl groups is 2. The summed E-state index contributed by atoms with van der Waals surface area (Å²) in [5.41, 5.74) is 9.43. The molecule has 6 rings (SSSR count). The molecule has 4 aromatic heterocycles. The molecule has 0 spiro atoms. The number of aliphatic hydroxyl groups excluding tert-OH is 6. The Labute approximate surface area is 397 Å². The number of carboxylic acids is 2. The fraction of sp³-hybridized carbons (Fsp3) is 0.463. The third kappa shape index (κ3) is 12.2. The molecule has 71 heavy (non-hydrogen) atoms. The van der Waals surface area contributed by atoms with Crippen LogP contribution in [0.3, 0.4) is 0 Å². The Balaban J connectivity index is 0.000000264. The molecule has 2 aliphatic rings. The Morgan fingerprint density at radius 2 is 1.07 bits per heavy atom. The van der Waals surface area contributed by atoms with Crippen LogP contribution < -0.4 is 39.0 Å². The summed E-state index contributed by atoms with van der Waals surface area (Å²) in [6, 6.07) is -0.531. The summed E-state index contributed by atoms with van der Waals surface area (Å²) < 4.78 is 12.4. The summed E-state index contributed by atoms with van der Waals surface area (Å²) in [7, 11) is 0. The van der Waals surface area contributed by atoms with E-state index in [1.807, 2.05) is 4.98 Å². The number of rotatable bonds is 17. The monoisotopic (exact) mass is 1000 g/mol. The summed E-state index contributed by atoms with van der Waals surface area (Å²) in [5.74, 6) is -7.99. The first-order valence-corrected chi connectivity index (χ1v) is 21.2. The Morgan fingerprint density at radius 3 is 1.42 bits per heavy atom. The zero-order valence-corrected chi connectivity index (χ0v) is 37.4. The maximum atomic E-state index is 12.7. The van der Waals surface area contributed by atoms with Crippen molar-refractivity contribution in [3.8, 4) is 11.5 Å². The standard InChI is InChI=1S/C21H27N5O10.C20H25N5O10/c1-7(14(29)10-4-3-9(28)5-23-10)12(22)18(32)25-13(20(33)34)17-15(30)16(31)19(36-17)26-6-11(8(2)27)24-21(26)35;1-7(13(28)9-3-2-8(26)6-22-9)11(21)17(31)24-12(19(32)33)16-14(29)15(30)18(35-16)25-5-4-10(27)23-20(25)34/h3-7,12-17,19,28-31H,22H2,1-2H3,(H,24,35)(H,25,32)(H,33,34);2-7,11-16,18,26,28-30H,21H2,1H3,(H,24,31)(H,32,33)(H,23,27,34)/t7-,12-,13-,14-,15+,16-,17?,19+;7-,11-,12-,13-,14-,15+,16+,18?/m00/s1. The summed E-state index contributed by atoms with van der Waals surface area (Å²) in [5, 5.41) is 105. The largest absolute Gasteiger partial charge is 0.506 e. The van der Waals surface area contributed by atoms with Gasteiger partial charge in [0, 0.05) is 37.2 Å². The molecule has 0 radical (unpaired) electrons. The number of nitrogens with two attached hydrogens (primary N) is 2. The van der Waals surface area contributed by atoms with Gasteiger partial charge in [0.1, 0.15) is 66.0 Å². The van der Waals surface area contributed by atoms with Crippen LogP contribution in [0.2, 0.25) is 0 Å². The third-order valence-corrected chi connectivity index (χ3v) is 11.7. The molecule has 2 aliphatic heterocycles. The fourth-order valence-corrected chi connectivity index (χ4v) is 7.41. The number of carboxylic acid groups (broad SMARTS) is 2. The molecule has 0 aromatic carbocycles. The fourth-order valence-electron chi connectivity index (χ4n) is 7.41. The predicted molar refractivity (Wildman–Crippen MR) is 233 cm³/mol. The molecule has 2 unspecified atom stereocenters. The van der Waals surface area contributed by atoms with Crippen molar-refractivity contribution in [2.24, 2.45) is 23.3 Å². The van der Waals surface area contributed by atoms with E-state index in [1.165, 1.54) is 45.0 Å². The summed E-state index contributed by atoms with van der Waals surface area (Å²) in [6.45, 7) is 4.03. The average Bonchev–Trinajstić information content (AvgIpc) is 3.96. The van der Waals surface area contributed by atoms with Gasteiger partial charge in [-0.05, 0) is 24.3 Å². The molecular formula is C41H52N10O20. The number of H-pyrrole nitrogens is 2. The lowest BCUT2D eigenvalue weighted by Crippen LogP contribution is -2.57.